The highest BCUT2D eigenvalue weighted by Gasteiger charge is 2.40. The van der Waals surface area contributed by atoms with Gasteiger partial charge in [0.05, 0.1) is 10.6 Å². The number of nitrogens with zero attached hydrogens (tertiary/aromatic N) is 1. The largest absolute Gasteiger partial charge is 0.487 e. The van der Waals surface area contributed by atoms with Crippen LogP contribution in [-0.4, -0.2) is 41.3 Å². The predicted molar refractivity (Wildman–Crippen MR) is 127 cm³/mol. The lowest BCUT2D eigenvalue weighted by Crippen LogP contribution is -2.49. The van der Waals surface area contributed by atoms with Crippen molar-refractivity contribution in [2.45, 2.75) is 69.1 Å². The first kappa shape index (κ1) is 22.6. The van der Waals surface area contributed by atoms with Gasteiger partial charge in [0.2, 0.25) is 0 Å². The molecular weight excluding hydrogens is 408 g/mol. The molecule has 0 aromatic heterocycles. The van der Waals surface area contributed by atoms with E-state index in [2.05, 4.69) is 11.0 Å². The van der Waals surface area contributed by atoms with Crippen LogP contribution in [0, 0.1) is 0 Å². The normalized spacial score (nSPS) is 22.7. The van der Waals surface area contributed by atoms with Crippen molar-refractivity contribution in [2.24, 2.45) is 5.73 Å². The van der Waals surface area contributed by atoms with Crippen LogP contribution >= 0.6 is 11.6 Å². The van der Waals surface area contributed by atoms with Gasteiger partial charge in [-0.15, -0.1) is 0 Å². The smallest absolute Gasteiger partial charge is 0.138 e. The van der Waals surface area contributed by atoms with Crippen molar-refractivity contribution < 1.29 is 9.84 Å². The van der Waals surface area contributed by atoms with Crippen LogP contribution in [0.15, 0.2) is 48.5 Å². The third-order valence-corrected chi connectivity index (χ3v) is 7.24. The molecule has 1 aliphatic heterocycles. The number of aliphatic hydroxyl groups is 1. The van der Waals surface area contributed by atoms with Crippen LogP contribution < -0.4 is 10.5 Å². The lowest BCUT2D eigenvalue weighted by molar-refractivity contribution is -0.0326. The highest BCUT2D eigenvalue weighted by molar-refractivity contribution is 6.32. The molecule has 0 spiro atoms. The maximum absolute atomic E-state index is 11.7. The summed E-state index contributed by atoms with van der Waals surface area (Å²) in [5.41, 5.74) is 7.76. The number of benzene rings is 2. The molecule has 1 saturated carbocycles. The molecular formula is C26H35ClN2O2. The van der Waals surface area contributed by atoms with E-state index in [1.54, 1.807) is 0 Å². The molecule has 1 saturated heterocycles. The number of halogens is 1. The molecule has 168 valence electrons. The minimum absolute atomic E-state index is 0.0266. The van der Waals surface area contributed by atoms with Crippen molar-refractivity contribution in [1.29, 1.82) is 0 Å². The zero-order valence-electron chi connectivity index (χ0n) is 18.3. The first-order chi connectivity index (χ1) is 15.0. The average Bonchev–Trinajstić information content (AvgIpc) is 2.78. The minimum Gasteiger partial charge on any atom is -0.487 e. The molecule has 1 aliphatic carbocycles. The van der Waals surface area contributed by atoms with Crippen LogP contribution in [0.3, 0.4) is 0 Å². The Bertz CT molecular complexity index is 839. The molecule has 0 bridgehead atoms. The fourth-order valence-electron chi connectivity index (χ4n) is 5.20. The van der Waals surface area contributed by atoms with Gasteiger partial charge in [-0.25, -0.2) is 0 Å². The van der Waals surface area contributed by atoms with E-state index in [4.69, 9.17) is 22.1 Å². The lowest BCUT2D eigenvalue weighted by atomic mass is 9.72. The van der Waals surface area contributed by atoms with Gasteiger partial charge >= 0.3 is 0 Å². The minimum atomic E-state index is -0.685. The number of ether oxygens (including phenoxy) is 1. The summed E-state index contributed by atoms with van der Waals surface area (Å²) in [5, 5.41) is 12.3. The quantitative estimate of drug-likeness (QED) is 0.624. The molecule has 0 amide bonds. The molecule has 4 rings (SSSR count). The van der Waals surface area contributed by atoms with Crippen LogP contribution in [0.5, 0.6) is 5.75 Å². The van der Waals surface area contributed by atoms with Gasteiger partial charge in [-0.2, -0.15) is 0 Å². The summed E-state index contributed by atoms with van der Waals surface area (Å²) in [6.45, 7) is 3.26. The van der Waals surface area contributed by atoms with Gasteiger partial charge in [0.1, 0.15) is 12.4 Å². The molecule has 2 fully saturated rings. The number of hydrogen-bond acceptors (Lipinski definition) is 4. The van der Waals surface area contributed by atoms with E-state index < -0.39 is 5.60 Å². The molecule has 1 unspecified atom stereocenters. The Kier molecular flexibility index (Phi) is 7.55. The second kappa shape index (κ2) is 10.4. The van der Waals surface area contributed by atoms with E-state index in [-0.39, 0.29) is 12.0 Å². The van der Waals surface area contributed by atoms with Gasteiger partial charge in [-0.3, -0.25) is 0 Å². The standard InChI is InChI=1S/C26H35ClN2O2/c27-24-16-21(11-12-25(24)31-19-20-8-3-1-4-9-20)23(26(30)13-5-2-6-14-26)18-29-15-7-10-22(28)17-29/h1,3-4,8-9,11-12,16,22-23,30H,2,5-7,10,13-15,17-19,28H2/t22-,23?/m1/s1. The summed E-state index contributed by atoms with van der Waals surface area (Å²) in [7, 11) is 0. The number of hydrogen-bond donors (Lipinski definition) is 2. The topological polar surface area (TPSA) is 58.7 Å². The Morgan fingerprint density at radius 3 is 2.58 bits per heavy atom. The molecule has 2 aromatic carbocycles. The zero-order chi connectivity index (χ0) is 21.7. The number of likely N-dealkylation sites (tertiary alicyclic amines) is 1. The Labute approximate surface area is 191 Å². The van der Waals surface area contributed by atoms with Crippen molar-refractivity contribution in [3.8, 4) is 5.75 Å². The van der Waals surface area contributed by atoms with E-state index in [1.165, 1.54) is 6.42 Å². The second-order valence-corrected chi connectivity index (χ2v) is 9.75. The fourth-order valence-corrected chi connectivity index (χ4v) is 5.44. The highest BCUT2D eigenvalue weighted by Crippen LogP contribution is 2.42. The Balaban J connectivity index is 1.53. The highest BCUT2D eigenvalue weighted by atomic mass is 35.5. The first-order valence-electron chi connectivity index (χ1n) is 11.7. The van der Waals surface area contributed by atoms with Crippen LogP contribution in [0.2, 0.25) is 5.02 Å². The number of rotatable bonds is 7. The van der Waals surface area contributed by atoms with Crippen molar-refractivity contribution in [2.75, 3.05) is 19.6 Å². The summed E-state index contributed by atoms with van der Waals surface area (Å²) in [5.74, 6) is 0.711. The van der Waals surface area contributed by atoms with Crippen LogP contribution in [0.1, 0.15) is 62.0 Å². The van der Waals surface area contributed by atoms with Gasteiger partial charge in [-0.1, -0.05) is 67.3 Å². The molecule has 5 heteroatoms. The third kappa shape index (κ3) is 5.81. The van der Waals surface area contributed by atoms with Crippen molar-refractivity contribution in [3.05, 3.63) is 64.7 Å². The van der Waals surface area contributed by atoms with Crippen LogP contribution in [-0.2, 0) is 6.61 Å². The molecule has 31 heavy (non-hydrogen) atoms. The van der Waals surface area contributed by atoms with E-state index in [0.29, 0.717) is 17.4 Å². The lowest BCUT2D eigenvalue weighted by Gasteiger charge is -2.43. The summed E-state index contributed by atoms with van der Waals surface area (Å²) in [4.78, 5) is 2.43. The zero-order valence-corrected chi connectivity index (χ0v) is 19.1. The molecule has 4 nitrogen and oxygen atoms in total. The molecule has 3 N–H and O–H groups in total. The summed E-state index contributed by atoms with van der Waals surface area (Å²) < 4.78 is 5.97. The average molecular weight is 443 g/mol. The molecule has 2 atom stereocenters. The number of nitrogens with two attached hydrogens (primary N) is 1. The van der Waals surface area contributed by atoms with Gasteiger partial charge in [0, 0.05) is 25.0 Å². The molecule has 0 radical (unpaired) electrons. The van der Waals surface area contributed by atoms with Gasteiger partial charge in [-0.05, 0) is 55.5 Å². The monoisotopic (exact) mass is 442 g/mol. The van der Waals surface area contributed by atoms with E-state index >= 15 is 0 Å². The van der Waals surface area contributed by atoms with Gasteiger partial charge in [0.15, 0.2) is 0 Å². The van der Waals surface area contributed by atoms with Crippen LogP contribution in [0.25, 0.3) is 0 Å². The molecule has 2 aromatic rings. The third-order valence-electron chi connectivity index (χ3n) is 6.95. The van der Waals surface area contributed by atoms with E-state index in [1.807, 2.05) is 42.5 Å². The maximum Gasteiger partial charge on any atom is 0.138 e. The first-order valence-corrected chi connectivity index (χ1v) is 12.1. The molecule has 1 heterocycles. The Morgan fingerprint density at radius 1 is 1.10 bits per heavy atom. The van der Waals surface area contributed by atoms with Crippen molar-refractivity contribution in [1.82, 2.24) is 4.90 Å². The SMILES string of the molecule is N[C@@H]1CCCN(CC(c2ccc(OCc3ccccc3)c(Cl)c2)C2(O)CCCCC2)C1. The maximum atomic E-state index is 11.7. The van der Waals surface area contributed by atoms with Gasteiger partial charge < -0.3 is 20.5 Å². The fraction of sp³-hybridized carbons (Fsp3) is 0.538. The second-order valence-electron chi connectivity index (χ2n) is 9.34. The summed E-state index contributed by atoms with van der Waals surface area (Å²) >= 11 is 6.65. The van der Waals surface area contributed by atoms with Crippen molar-refractivity contribution >= 4 is 11.6 Å². The molecule has 2 aliphatic rings. The summed E-state index contributed by atoms with van der Waals surface area (Å²) in [6.07, 6.45) is 7.28. The number of piperidine rings is 1. The predicted octanol–water partition coefficient (Wildman–Crippen LogP) is 5.12. The van der Waals surface area contributed by atoms with E-state index in [0.717, 1.165) is 69.3 Å². The Hall–Kier alpha value is -1.59. The van der Waals surface area contributed by atoms with E-state index in [9.17, 15) is 5.11 Å². The van der Waals surface area contributed by atoms with Crippen molar-refractivity contribution in [3.63, 3.8) is 0 Å². The Morgan fingerprint density at radius 2 is 1.87 bits per heavy atom. The van der Waals surface area contributed by atoms with Gasteiger partial charge in [0.25, 0.3) is 0 Å². The summed E-state index contributed by atoms with van der Waals surface area (Å²) in [6, 6.07) is 16.4. The van der Waals surface area contributed by atoms with Crippen LogP contribution in [0.4, 0.5) is 0 Å².